The summed E-state index contributed by atoms with van der Waals surface area (Å²) >= 11 is 0. The Balaban J connectivity index is 2.58. The number of hydrogen-bond acceptors (Lipinski definition) is 4. The van der Waals surface area contributed by atoms with Crippen molar-refractivity contribution in [2.45, 2.75) is 38.5 Å². The first kappa shape index (κ1) is 14.7. The smallest absolute Gasteiger partial charge is 0.322 e. The molecule has 18 heavy (non-hydrogen) atoms. The first-order valence-electron chi connectivity index (χ1n) is 6.07. The Bertz CT molecular complexity index is 365. The molecule has 0 unspecified atom stereocenters. The van der Waals surface area contributed by atoms with Crippen molar-refractivity contribution in [1.82, 2.24) is 0 Å². The Hall–Kier alpha value is -1.39. The molecule has 2 N–H and O–H groups in total. The average Bonchev–Trinajstić information content (AvgIpc) is 2.36. The second-order valence-electron chi connectivity index (χ2n) is 4.39. The van der Waals surface area contributed by atoms with Crippen LogP contribution in [-0.2, 0) is 20.7 Å². The van der Waals surface area contributed by atoms with Crippen molar-refractivity contribution >= 4 is 5.97 Å². The van der Waals surface area contributed by atoms with Crippen molar-refractivity contribution in [3.05, 3.63) is 35.9 Å². The van der Waals surface area contributed by atoms with Crippen LogP contribution in [0.4, 0.5) is 0 Å². The SMILES string of the molecule is CO[C@H](Cc1ccccc1)[C@H](C)OC(=O)[C@H](C)N. The molecule has 100 valence electrons. The van der Waals surface area contributed by atoms with Gasteiger partial charge in [0.1, 0.15) is 12.1 Å². The monoisotopic (exact) mass is 251 g/mol. The van der Waals surface area contributed by atoms with Crippen molar-refractivity contribution < 1.29 is 14.3 Å². The van der Waals surface area contributed by atoms with E-state index in [1.807, 2.05) is 37.3 Å². The molecule has 0 bridgehead atoms. The molecule has 3 atom stereocenters. The summed E-state index contributed by atoms with van der Waals surface area (Å²) in [4.78, 5) is 11.4. The van der Waals surface area contributed by atoms with Crippen LogP contribution in [0.3, 0.4) is 0 Å². The maximum absolute atomic E-state index is 11.4. The molecule has 0 aliphatic rings. The maximum Gasteiger partial charge on any atom is 0.322 e. The predicted octanol–water partition coefficient (Wildman–Crippen LogP) is 1.52. The highest BCUT2D eigenvalue weighted by atomic mass is 16.6. The largest absolute Gasteiger partial charge is 0.459 e. The van der Waals surface area contributed by atoms with Gasteiger partial charge in [0.05, 0.1) is 6.10 Å². The average molecular weight is 251 g/mol. The lowest BCUT2D eigenvalue weighted by Gasteiger charge is -2.23. The van der Waals surface area contributed by atoms with Crippen LogP contribution in [0.1, 0.15) is 19.4 Å². The lowest BCUT2D eigenvalue weighted by molar-refractivity contribution is -0.155. The topological polar surface area (TPSA) is 61.5 Å². The minimum Gasteiger partial charge on any atom is -0.459 e. The number of hydrogen-bond donors (Lipinski definition) is 1. The second kappa shape index (κ2) is 7.13. The summed E-state index contributed by atoms with van der Waals surface area (Å²) in [5, 5.41) is 0. The van der Waals surface area contributed by atoms with Crippen LogP contribution in [0.25, 0.3) is 0 Å². The van der Waals surface area contributed by atoms with Gasteiger partial charge in [-0.15, -0.1) is 0 Å². The zero-order valence-corrected chi connectivity index (χ0v) is 11.1. The van der Waals surface area contributed by atoms with Crippen LogP contribution in [0.2, 0.25) is 0 Å². The van der Waals surface area contributed by atoms with Crippen LogP contribution >= 0.6 is 0 Å². The molecule has 0 heterocycles. The highest BCUT2D eigenvalue weighted by Gasteiger charge is 2.22. The summed E-state index contributed by atoms with van der Waals surface area (Å²) in [6, 6.07) is 9.34. The predicted molar refractivity (Wildman–Crippen MR) is 70.1 cm³/mol. The van der Waals surface area contributed by atoms with Crippen molar-refractivity contribution in [3.8, 4) is 0 Å². The summed E-state index contributed by atoms with van der Waals surface area (Å²) in [5.41, 5.74) is 6.61. The molecule has 0 saturated heterocycles. The Morgan fingerprint density at radius 1 is 1.28 bits per heavy atom. The van der Waals surface area contributed by atoms with E-state index >= 15 is 0 Å². The number of rotatable bonds is 6. The van der Waals surface area contributed by atoms with E-state index in [1.165, 1.54) is 0 Å². The number of carbonyl (C=O) groups excluding carboxylic acids is 1. The highest BCUT2D eigenvalue weighted by Crippen LogP contribution is 2.11. The first-order valence-corrected chi connectivity index (χ1v) is 6.07. The van der Waals surface area contributed by atoms with Gasteiger partial charge in [-0.3, -0.25) is 4.79 Å². The van der Waals surface area contributed by atoms with Crippen LogP contribution in [0.15, 0.2) is 30.3 Å². The van der Waals surface area contributed by atoms with E-state index in [0.29, 0.717) is 6.42 Å². The molecule has 4 heteroatoms. The molecular formula is C14H21NO3. The lowest BCUT2D eigenvalue weighted by Crippen LogP contribution is -2.37. The van der Waals surface area contributed by atoms with Gasteiger partial charge in [-0.05, 0) is 19.4 Å². The fourth-order valence-corrected chi connectivity index (χ4v) is 1.65. The molecule has 4 nitrogen and oxygen atoms in total. The maximum atomic E-state index is 11.4. The Morgan fingerprint density at radius 3 is 2.39 bits per heavy atom. The second-order valence-corrected chi connectivity index (χ2v) is 4.39. The van der Waals surface area contributed by atoms with Gasteiger partial charge >= 0.3 is 5.97 Å². The van der Waals surface area contributed by atoms with Crippen LogP contribution < -0.4 is 5.73 Å². The third-order valence-electron chi connectivity index (χ3n) is 2.78. The minimum absolute atomic E-state index is 0.171. The van der Waals surface area contributed by atoms with Crippen molar-refractivity contribution in [3.63, 3.8) is 0 Å². The van der Waals surface area contributed by atoms with E-state index in [-0.39, 0.29) is 12.2 Å². The molecule has 0 spiro atoms. The number of ether oxygens (including phenoxy) is 2. The molecule has 0 fully saturated rings. The van der Waals surface area contributed by atoms with Gasteiger partial charge < -0.3 is 15.2 Å². The molecule has 0 aromatic heterocycles. The van der Waals surface area contributed by atoms with Crippen LogP contribution in [-0.4, -0.2) is 31.3 Å². The molecule has 1 rings (SSSR count). The molecule has 0 saturated carbocycles. The number of benzene rings is 1. The van der Waals surface area contributed by atoms with Crippen molar-refractivity contribution in [2.24, 2.45) is 5.73 Å². The van der Waals surface area contributed by atoms with E-state index in [2.05, 4.69) is 0 Å². The van der Waals surface area contributed by atoms with Gasteiger partial charge in [0, 0.05) is 13.5 Å². The van der Waals surface area contributed by atoms with E-state index in [0.717, 1.165) is 5.56 Å². The fraction of sp³-hybridized carbons (Fsp3) is 0.500. The van der Waals surface area contributed by atoms with E-state index in [4.69, 9.17) is 15.2 Å². The van der Waals surface area contributed by atoms with Crippen LogP contribution in [0.5, 0.6) is 0 Å². The van der Waals surface area contributed by atoms with Gasteiger partial charge in [0.2, 0.25) is 0 Å². The van der Waals surface area contributed by atoms with Gasteiger partial charge in [-0.2, -0.15) is 0 Å². The molecule has 0 radical (unpaired) electrons. The normalized spacial score (nSPS) is 15.8. The van der Waals surface area contributed by atoms with Crippen LogP contribution in [0, 0.1) is 0 Å². The Morgan fingerprint density at radius 2 is 1.89 bits per heavy atom. The molecule has 0 amide bonds. The van der Waals surface area contributed by atoms with E-state index in [1.54, 1.807) is 14.0 Å². The molecule has 0 aliphatic heterocycles. The van der Waals surface area contributed by atoms with Crippen molar-refractivity contribution in [1.29, 1.82) is 0 Å². The van der Waals surface area contributed by atoms with E-state index in [9.17, 15) is 4.79 Å². The summed E-state index contributed by atoms with van der Waals surface area (Å²) in [6.07, 6.45) is 0.203. The lowest BCUT2D eigenvalue weighted by atomic mass is 10.0. The third kappa shape index (κ3) is 4.47. The molecular weight excluding hydrogens is 230 g/mol. The van der Waals surface area contributed by atoms with Gasteiger partial charge in [-0.1, -0.05) is 30.3 Å². The summed E-state index contributed by atoms with van der Waals surface area (Å²) < 4.78 is 10.6. The third-order valence-corrected chi connectivity index (χ3v) is 2.78. The highest BCUT2D eigenvalue weighted by molar-refractivity contribution is 5.75. The quantitative estimate of drug-likeness (QED) is 0.779. The molecule has 1 aromatic rings. The number of carbonyl (C=O) groups is 1. The first-order chi connectivity index (χ1) is 8.54. The Labute approximate surface area is 108 Å². The minimum atomic E-state index is -0.610. The summed E-state index contributed by atoms with van der Waals surface area (Å²) in [6.45, 7) is 3.42. The van der Waals surface area contributed by atoms with Gasteiger partial charge in [0.15, 0.2) is 0 Å². The van der Waals surface area contributed by atoms with Gasteiger partial charge in [0.25, 0.3) is 0 Å². The summed E-state index contributed by atoms with van der Waals surface area (Å²) in [7, 11) is 1.61. The number of methoxy groups -OCH3 is 1. The summed E-state index contributed by atoms with van der Waals surface area (Å²) in [5.74, 6) is -0.405. The van der Waals surface area contributed by atoms with Gasteiger partial charge in [-0.25, -0.2) is 0 Å². The number of nitrogens with two attached hydrogens (primary N) is 1. The van der Waals surface area contributed by atoms with E-state index < -0.39 is 12.0 Å². The zero-order valence-electron chi connectivity index (χ0n) is 11.1. The fourth-order valence-electron chi connectivity index (χ4n) is 1.65. The standard InChI is InChI=1S/C14H21NO3/c1-10(15)14(16)18-11(2)13(17-3)9-12-7-5-4-6-8-12/h4-8,10-11,13H,9,15H2,1-3H3/t10-,11-,13+/m0/s1. The molecule has 1 aromatic carbocycles. The number of esters is 1. The zero-order chi connectivity index (χ0) is 13.5. The molecule has 0 aliphatic carbocycles. The Kier molecular flexibility index (Phi) is 5.82. The van der Waals surface area contributed by atoms with Crippen molar-refractivity contribution in [2.75, 3.05) is 7.11 Å².